The number of alkyl halides is 3. The Morgan fingerprint density at radius 2 is 1.80 bits per heavy atom. The molecular weight excluding hydrogens is 399 g/mol. The van der Waals surface area contributed by atoms with Gasteiger partial charge in [0.25, 0.3) is 5.91 Å². The van der Waals surface area contributed by atoms with E-state index >= 15 is 0 Å². The molecule has 0 unspecified atom stereocenters. The van der Waals surface area contributed by atoms with Gasteiger partial charge in [0.2, 0.25) is 5.91 Å². The van der Waals surface area contributed by atoms with Crippen LogP contribution in [0.2, 0.25) is 0 Å². The normalized spacial score (nSPS) is 16.3. The Bertz CT molecular complexity index is 971. The standard InChI is InChI=1S/C21H20F3N3O3/c22-21(23,24)14-7-8-16(26-9-3-4-10-26)15(11-14)25-19(28)12-27-17-5-1-2-6-18(17)30-13-20(27)29/h1-2,5-8,11H,3-4,9-10,12-13H2,(H,25,28). The van der Waals surface area contributed by atoms with Crippen LogP contribution in [0, 0.1) is 0 Å². The van der Waals surface area contributed by atoms with E-state index in [-0.39, 0.29) is 18.8 Å². The molecule has 1 fully saturated rings. The van der Waals surface area contributed by atoms with Gasteiger partial charge < -0.3 is 15.0 Å². The molecule has 0 saturated carbocycles. The Balaban J connectivity index is 1.58. The van der Waals surface area contributed by atoms with Crippen LogP contribution < -0.4 is 19.9 Å². The van der Waals surface area contributed by atoms with E-state index in [2.05, 4.69) is 5.32 Å². The molecule has 2 aliphatic rings. The fourth-order valence-electron chi connectivity index (χ4n) is 3.71. The number of benzene rings is 2. The minimum absolute atomic E-state index is 0.0886. The summed E-state index contributed by atoms with van der Waals surface area (Å²) in [5.74, 6) is -0.505. The van der Waals surface area contributed by atoms with Crippen LogP contribution in [0.3, 0.4) is 0 Å². The monoisotopic (exact) mass is 419 g/mol. The van der Waals surface area contributed by atoms with Crippen molar-refractivity contribution in [3.05, 3.63) is 48.0 Å². The zero-order valence-electron chi connectivity index (χ0n) is 16.0. The first-order valence-corrected chi connectivity index (χ1v) is 9.61. The number of amides is 2. The molecule has 0 atom stereocenters. The topological polar surface area (TPSA) is 61.9 Å². The molecule has 0 radical (unpaired) electrons. The second-order valence-electron chi connectivity index (χ2n) is 7.21. The van der Waals surface area contributed by atoms with Crippen molar-refractivity contribution < 1.29 is 27.5 Å². The Kier molecular flexibility index (Phi) is 5.27. The Hall–Kier alpha value is -3.23. The number of ether oxygens (including phenoxy) is 1. The highest BCUT2D eigenvalue weighted by Gasteiger charge is 2.32. The lowest BCUT2D eigenvalue weighted by Crippen LogP contribution is -2.43. The highest BCUT2D eigenvalue weighted by Crippen LogP contribution is 2.37. The van der Waals surface area contributed by atoms with Gasteiger partial charge in [0, 0.05) is 13.1 Å². The average Bonchev–Trinajstić information content (AvgIpc) is 3.24. The number of nitrogens with one attached hydrogen (secondary N) is 1. The van der Waals surface area contributed by atoms with Crippen LogP contribution in [-0.4, -0.2) is 38.1 Å². The molecule has 2 amide bonds. The van der Waals surface area contributed by atoms with E-state index in [1.165, 1.54) is 11.0 Å². The van der Waals surface area contributed by atoms with Gasteiger partial charge in [-0.2, -0.15) is 13.2 Å². The van der Waals surface area contributed by atoms with Crippen LogP contribution in [0.25, 0.3) is 0 Å². The van der Waals surface area contributed by atoms with Gasteiger partial charge in [0.05, 0.1) is 22.6 Å². The van der Waals surface area contributed by atoms with E-state index < -0.39 is 23.6 Å². The van der Waals surface area contributed by atoms with E-state index in [0.29, 0.717) is 30.2 Å². The Morgan fingerprint density at radius 3 is 2.53 bits per heavy atom. The van der Waals surface area contributed by atoms with Crippen LogP contribution in [0.5, 0.6) is 5.75 Å². The summed E-state index contributed by atoms with van der Waals surface area (Å²) in [5.41, 5.74) is 0.245. The third-order valence-electron chi connectivity index (χ3n) is 5.15. The molecule has 6 nitrogen and oxygen atoms in total. The third-order valence-corrected chi connectivity index (χ3v) is 5.15. The van der Waals surface area contributed by atoms with Gasteiger partial charge in [-0.25, -0.2) is 0 Å². The number of carbonyl (C=O) groups is 2. The van der Waals surface area contributed by atoms with E-state index in [1.807, 2.05) is 4.90 Å². The molecule has 0 spiro atoms. The number of hydrogen-bond donors (Lipinski definition) is 1. The predicted molar refractivity (Wildman–Crippen MR) is 106 cm³/mol. The van der Waals surface area contributed by atoms with Crippen LogP contribution >= 0.6 is 0 Å². The molecular formula is C21H20F3N3O3. The molecule has 2 heterocycles. The van der Waals surface area contributed by atoms with Gasteiger partial charge in [-0.3, -0.25) is 14.5 Å². The SMILES string of the molecule is O=C(CN1C(=O)COc2ccccc21)Nc1cc(C(F)(F)F)ccc1N1CCCC1. The maximum absolute atomic E-state index is 13.2. The number of hydrogen-bond acceptors (Lipinski definition) is 4. The second-order valence-corrected chi connectivity index (χ2v) is 7.21. The minimum Gasteiger partial charge on any atom is -0.482 e. The van der Waals surface area contributed by atoms with Gasteiger partial charge in [-0.15, -0.1) is 0 Å². The Labute approximate surface area is 171 Å². The van der Waals surface area contributed by atoms with Crippen LogP contribution in [0.15, 0.2) is 42.5 Å². The molecule has 4 rings (SSSR count). The molecule has 0 bridgehead atoms. The molecule has 1 saturated heterocycles. The fourth-order valence-corrected chi connectivity index (χ4v) is 3.71. The number of carbonyl (C=O) groups excluding carboxylic acids is 2. The molecule has 2 aliphatic heterocycles. The lowest BCUT2D eigenvalue weighted by Gasteiger charge is -2.29. The third kappa shape index (κ3) is 4.05. The fraction of sp³-hybridized carbons (Fsp3) is 0.333. The summed E-state index contributed by atoms with van der Waals surface area (Å²) in [6, 6.07) is 10.1. The molecule has 0 aliphatic carbocycles. The summed E-state index contributed by atoms with van der Waals surface area (Å²) < 4.78 is 45.0. The van der Waals surface area contributed by atoms with E-state index in [0.717, 1.165) is 25.0 Å². The maximum Gasteiger partial charge on any atom is 0.416 e. The first-order valence-electron chi connectivity index (χ1n) is 9.61. The number of para-hydroxylation sites is 2. The lowest BCUT2D eigenvalue weighted by atomic mass is 10.1. The van der Waals surface area contributed by atoms with Crippen molar-refractivity contribution in [1.29, 1.82) is 0 Å². The molecule has 2 aromatic carbocycles. The predicted octanol–water partition coefficient (Wildman–Crippen LogP) is 3.67. The first-order chi connectivity index (χ1) is 14.3. The second kappa shape index (κ2) is 7.89. The van der Waals surface area contributed by atoms with Crippen molar-refractivity contribution in [2.45, 2.75) is 19.0 Å². The number of rotatable bonds is 4. The van der Waals surface area contributed by atoms with Gasteiger partial charge in [-0.05, 0) is 43.2 Å². The molecule has 30 heavy (non-hydrogen) atoms. The number of halogens is 3. The van der Waals surface area contributed by atoms with Crippen LogP contribution in [0.1, 0.15) is 18.4 Å². The highest BCUT2D eigenvalue weighted by molar-refractivity contribution is 6.05. The number of fused-ring (bicyclic) bond motifs is 1. The molecule has 2 aromatic rings. The van der Waals surface area contributed by atoms with Crippen molar-refractivity contribution in [1.82, 2.24) is 0 Å². The quantitative estimate of drug-likeness (QED) is 0.822. The van der Waals surface area contributed by atoms with Gasteiger partial charge in [0.1, 0.15) is 12.3 Å². The van der Waals surface area contributed by atoms with Crippen molar-refractivity contribution in [3.63, 3.8) is 0 Å². The van der Waals surface area contributed by atoms with Gasteiger partial charge in [-0.1, -0.05) is 12.1 Å². The summed E-state index contributed by atoms with van der Waals surface area (Å²) >= 11 is 0. The Morgan fingerprint density at radius 1 is 1.07 bits per heavy atom. The minimum atomic E-state index is -4.53. The van der Waals surface area contributed by atoms with Crippen molar-refractivity contribution in [2.75, 3.05) is 41.4 Å². The molecule has 0 aromatic heterocycles. The summed E-state index contributed by atoms with van der Waals surface area (Å²) in [7, 11) is 0. The van der Waals surface area contributed by atoms with Gasteiger partial charge in [0.15, 0.2) is 6.61 Å². The number of anilines is 3. The maximum atomic E-state index is 13.2. The summed E-state index contributed by atoms with van der Waals surface area (Å²) in [6.07, 6.45) is -2.65. The lowest BCUT2D eigenvalue weighted by molar-refractivity contribution is -0.137. The van der Waals surface area contributed by atoms with Crippen LogP contribution in [-0.2, 0) is 15.8 Å². The highest BCUT2D eigenvalue weighted by atomic mass is 19.4. The average molecular weight is 419 g/mol. The summed E-state index contributed by atoms with van der Waals surface area (Å²) in [4.78, 5) is 28.2. The number of nitrogens with zero attached hydrogens (tertiary/aromatic N) is 2. The van der Waals surface area contributed by atoms with Gasteiger partial charge >= 0.3 is 6.18 Å². The molecule has 1 N–H and O–H groups in total. The molecule has 9 heteroatoms. The van der Waals surface area contributed by atoms with Crippen molar-refractivity contribution >= 4 is 28.9 Å². The van der Waals surface area contributed by atoms with Crippen molar-refractivity contribution in [2.24, 2.45) is 0 Å². The largest absolute Gasteiger partial charge is 0.482 e. The van der Waals surface area contributed by atoms with Crippen LogP contribution in [0.4, 0.5) is 30.2 Å². The van der Waals surface area contributed by atoms with E-state index in [1.54, 1.807) is 24.3 Å². The van der Waals surface area contributed by atoms with E-state index in [4.69, 9.17) is 4.74 Å². The van der Waals surface area contributed by atoms with E-state index in [9.17, 15) is 22.8 Å². The zero-order valence-corrected chi connectivity index (χ0v) is 16.0. The summed E-state index contributed by atoms with van der Waals surface area (Å²) in [6.45, 7) is 0.898. The zero-order chi connectivity index (χ0) is 21.3. The molecule has 158 valence electrons. The first kappa shape index (κ1) is 20.1. The smallest absolute Gasteiger partial charge is 0.416 e. The summed E-state index contributed by atoms with van der Waals surface area (Å²) in [5, 5.41) is 2.58. The van der Waals surface area contributed by atoms with Crippen molar-refractivity contribution in [3.8, 4) is 5.75 Å².